The molecule has 0 saturated heterocycles. The van der Waals surface area contributed by atoms with Crippen molar-refractivity contribution in [1.29, 1.82) is 0 Å². The standard InChI is InChI=1S/C55H45NO/c1-55(2)50-22-13-21-44(36-14-5-3-6-15-36)54(50)46-30-28-43(35-51(46)55)56(42-29-31-53-49(34-42)45-20-11-12-23-52(45)57-53)41-26-24-38(25-27-41)48-33-40-19-10-9-18-39(40)32-47(48)37-16-7-4-8-17-37/h4,7-13,16-36H,3,5-6,14-15H2,1-2H3. The molecular weight excluding hydrogens is 691 g/mol. The Bertz CT molecular complexity index is 2960. The van der Waals surface area contributed by atoms with E-state index < -0.39 is 0 Å². The first-order valence-electron chi connectivity index (χ1n) is 20.7. The van der Waals surface area contributed by atoms with E-state index in [1.807, 2.05) is 6.07 Å². The minimum absolute atomic E-state index is 0.116. The van der Waals surface area contributed by atoms with Crippen LogP contribution in [-0.4, -0.2) is 0 Å². The van der Waals surface area contributed by atoms with Gasteiger partial charge in [-0.05, 0) is 140 Å². The SMILES string of the molecule is CC1(C)c2cc(N(c3ccc(-c4cc5ccccc5cc4-c4ccccc4)cc3)c3ccc4oc5ccccc5c4c3)ccc2-c2c(C3CCCCC3)cccc21. The monoisotopic (exact) mass is 735 g/mol. The smallest absolute Gasteiger partial charge is 0.135 e. The number of furan rings is 1. The predicted molar refractivity (Wildman–Crippen MR) is 240 cm³/mol. The first-order valence-corrected chi connectivity index (χ1v) is 20.7. The van der Waals surface area contributed by atoms with Crippen molar-refractivity contribution < 1.29 is 4.42 Å². The highest BCUT2D eigenvalue weighted by atomic mass is 16.3. The zero-order valence-corrected chi connectivity index (χ0v) is 32.6. The van der Waals surface area contributed by atoms with Gasteiger partial charge in [-0.15, -0.1) is 0 Å². The third-order valence-corrected chi connectivity index (χ3v) is 13.0. The fourth-order valence-corrected chi connectivity index (χ4v) is 10.1. The van der Waals surface area contributed by atoms with Crippen LogP contribution in [0.1, 0.15) is 68.6 Å². The molecule has 0 atom stereocenters. The zero-order chi connectivity index (χ0) is 38.1. The molecule has 2 heteroatoms. The van der Waals surface area contributed by atoms with Crippen LogP contribution in [0.2, 0.25) is 0 Å². The molecule has 0 spiro atoms. The quantitative estimate of drug-likeness (QED) is 0.169. The number of rotatable bonds is 6. The molecule has 1 saturated carbocycles. The second-order valence-electron chi connectivity index (χ2n) is 16.7. The molecule has 276 valence electrons. The fourth-order valence-electron chi connectivity index (χ4n) is 10.1. The lowest BCUT2D eigenvalue weighted by atomic mass is 9.78. The molecule has 1 fully saturated rings. The van der Waals surface area contributed by atoms with Gasteiger partial charge in [0, 0.05) is 33.2 Å². The summed E-state index contributed by atoms with van der Waals surface area (Å²) in [4.78, 5) is 2.44. The van der Waals surface area contributed by atoms with Gasteiger partial charge in [0.05, 0.1) is 0 Å². The van der Waals surface area contributed by atoms with E-state index in [2.05, 4.69) is 183 Å². The highest BCUT2D eigenvalue weighted by Gasteiger charge is 2.38. The Morgan fingerprint density at radius 3 is 1.88 bits per heavy atom. The molecule has 1 aromatic heterocycles. The summed E-state index contributed by atoms with van der Waals surface area (Å²) in [6.07, 6.45) is 6.63. The van der Waals surface area contributed by atoms with Gasteiger partial charge in [-0.2, -0.15) is 0 Å². The first-order chi connectivity index (χ1) is 28.0. The van der Waals surface area contributed by atoms with Crippen molar-refractivity contribution in [2.45, 2.75) is 57.3 Å². The van der Waals surface area contributed by atoms with E-state index in [1.165, 1.54) is 87.4 Å². The van der Waals surface area contributed by atoms with Gasteiger partial charge in [-0.3, -0.25) is 0 Å². The van der Waals surface area contributed by atoms with Crippen LogP contribution in [0.4, 0.5) is 17.1 Å². The minimum Gasteiger partial charge on any atom is -0.456 e. The van der Waals surface area contributed by atoms with Crippen LogP contribution in [0, 0.1) is 0 Å². The van der Waals surface area contributed by atoms with Crippen LogP contribution >= 0.6 is 0 Å². The number of benzene rings is 8. The van der Waals surface area contributed by atoms with E-state index >= 15 is 0 Å². The third kappa shape index (κ3) is 5.61. The molecule has 0 N–H and O–H groups in total. The first kappa shape index (κ1) is 33.9. The van der Waals surface area contributed by atoms with E-state index in [4.69, 9.17) is 4.42 Å². The molecule has 11 rings (SSSR count). The molecule has 0 bridgehead atoms. The van der Waals surface area contributed by atoms with Crippen molar-refractivity contribution in [3.63, 3.8) is 0 Å². The van der Waals surface area contributed by atoms with Crippen LogP contribution in [0.15, 0.2) is 174 Å². The molecule has 2 aliphatic rings. The van der Waals surface area contributed by atoms with E-state index in [9.17, 15) is 0 Å². The van der Waals surface area contributed by atoms with E-state index in [0.717, 1.165) is 39.0 Å². The zero-order valence-electron chi connectivity index (χ0n) is 32.6. The molecule has 0 amide bonds. The summed E-state index contributed by atoms with van der Waals surface area (Å²) in [5.74, 6) is 0.645. The van der Waals surface area contributed by atoms with Gasteiger partial charge in [0.15, 0.2) is 0 Å². The maximum absolute atomic E-state index is 6.31. The Kier molecular flexibility index (Phi) is 7.96. The number of hydrogen-bond donors (Lipinski definition) is 0. The summed E-state index contributed by atoms with van der Waals surface area (Å²) in [5, 5.41) is 4.75. The molecule has 0 radical (unpaired) electrons. The number of nitrogens with zero attached hydrogens (tertiary/aromatic N) is 1. The Balaban J connectivity index is 1.07. The van der Waals surface area contributed by atoms with Crippen molar-refractivity contribution in [3.8, 4) is 33.4 Å². The lowest BCUT2D eigenvalue weighted by Crippen LogP contribution is -2.17. The van der Waals surface area contributed by atoms with E-state index in [1.54, 1.807) is 5.56 Å². The maximum atomic E-state index is 6.31. The van der Waals surface area contributed by atoms with Crippen molar-refractivity contribution in [3.05, 3.63) is 187 Å². The molecule has 0 unspecified atom stereocenters. The van der Waals surface area contributed by atoms with Crippen LogP contribution in [0.5, 0.6) is 0 Å². The Hall–Kier alpha value is -6.38. The van der Waals surface area contributed by atoms with Crippen LogP contribution < -0.4 is 4.90 Å². The summed E-state index contributed by atoms with van der Waals surface area (Å²) in [5.41, 5.74) is 17.3. The summed E-state index contributed by atoms with van der Waals surface area (Å²) in [6, 6.07) is 62.7. The van der Waals surface area contributed by atoms with Gasteiger partial charge in [-0.1, -0.05) is 142 Å². The molecule has 1 heterocycles. The summed E-state index contributed by atoms with van der Waals surface area (Å²) in [6.45, 7) is 4.84. The summed E-state index contributed by atoms with van der Waals surface area (Å²) in [7, 11) is 0. The second kappa shape index (κ2) is 13.4. The Labute approximate surface area is 335 Å². The van der Waals surface area contributed by atoms with Gasteiger partial charge >= 0.3 is 0 Å². The number of para-hydroxylation sites is 1. The van der Waals surface area contributed by atoms with Crippen LogP contribution in [-0.2, 0) is 5.41 Å². The Morgan fingerprint density at radius 2 is 1.11 bits per heavy atom. The summed E-state index contributed by atoms with van der Waals surface area (Å²) < 4.78 is 6.31. The minimum atomic E-state index is -0.116. The van der Waals surface area contributed by atoms with Gasteiger partial charge in [0.2, 0.25) is 0 Å². The maximum Gasteiger partial charge on any atom is 0.135 e. The number of hydrogen-bond acceptors (Lipinski definition) is 2. The van der Waals surface area contributed by atoms with Gasteiger partial charge in [0.25, 0.3) is 0 Å². The second-order valence-corrected chi connectivity index (χ2v) is 16.7. The fraction of sp³-hybridized carbons (Fsp3) is 0.164. The predicted octanol–water partition coefficient (Wildman–Crippen LogP) is 15.9. The molecular formula is C55H45NO. The molecule has 8 aromatic carbocycles. The normalized spacial score (nSPS) is 14.9. The molecule has 2 aliphatic carbocycles. The van der Waals surface area contributed by atoms with Crippen molar-refractivity contribution >= 4 is 49.8 Å². The average molecular weight is 736 g/mol. The van der Waals surface area contributed by atoms with Crippen molar-refractivity contribution in [2.24, 2.45) is 0 Å². The average Bonchev–Trinajstić information content (AvgIpc) is 3.75. The molecule has 9 aromatic rings. The lowest BCUT2D eigenvalue weighted by Gasteiger charge is -2.28. The van der Waals surface area contributed by atoms with Crippen molar-refractivity contribution in [2.75, 3.05) is 4.90 Å². The van der Waals surface area contributed by atoms with E-state index in [-0.39, 0.29) is 5.41 Å². The number of fused-ring (bicyclic) bond motifs is 7. The highest BCUT2D eigenvalue weighted by Crippen LogP contribution is 2.54. The van der Waals surface area contributed by atoms with Gasteiger partial charge in [0.1, 0.15) is 11.2 Å². The topological polar surface area (TPSA) is 16.4 Å². The lowest BCUT2D eigenvalue weighted by molar-refractivity contribution is 0.444. The van der Waals surface area contributed by atoms with E-state index in [0.29, 0.717) is 5.92 Å². The Morgan fingerprint density at radius 1 is 0.474 bits per heavy atom. The largest absolute Gasteiger partial charge is 0.456 e. The van der Waals surface area contributed by atoms with Gasteiger partial charge < -0.3 is 9.32 Å². The third-order valence-electron chi connectivity index (χ3n) is 13.0. The highest BCUT2D eigenvalue weighted by molar-refractivity contribution is 6.06. The van der Waals surface area contributed by atoms with Crippen LogP contribution in [0.25, 0.3) is 66.1 Å². The molecule has 2 nitrogen and oxygen atoms in total. The molecule has 0 aliphatic heterocycles. The summed E-state index contributed by atoms with van der Waals surface area (Å²) >= 11 is 0. The van der Waals surface area contributed by atoms with Crippen LogP contribution in [0.3, 0.4) is 0 Å². The van der Waals surface area contributed by atoms with Gasteiger partial charge in [-0.25, -0.2) is 0 Å². The number of anilines is 3. The molecule has 57 heavy (non-hydrogen) atoms. The van der Waals surface area contributed by atoms with Crippen molar-refractivity contribution in [1.82, 2.24) is 0 Å².